The number of ether oxygens (including phenoxy) is 1. The fourth-order valence-corrected chi connectivity index (χ4v) is 4.23. The summed E-state index contributed by atoms with van der Waals surface area (Å²) in [4.78, 5) is 12.2. The Morgan fingerprint density at radius 2 is 1.75 bits per heavy atom. The van der Waals surface area contributed by atoms with Gasteiger partial charge >= 0.3 is 5.97 Å². The average molecular weight is 424 g/mol. The maximum atomic E-state index is 12.2. The molecule has 1 aliphatic carbocycles. The number of nitrogens with zero attached hydrogens (tertiary/aromatic N) is 1. The highest BCUT2D eigenvalue weighted by Gasteiger charge is 2.13. The monoisotopic (exact) mass is 423 g/mol. The van der Waals surface area contributed by atoms with Gasteiger partial charge in [0.05, 0.1) is 16.5 Å². The number of esters is 1. The van der Waals surface area contributed by atoms with E-state index in [2.05, 4.69) is 51.9 Å². The van der Waals surface area contributed by atoms with Crippen LogP contribution in [0.5, 0.6) is 0 Å². The van der Waals surface area contributed by atoms with Gasteiger partial charge in [0.1, 0.15) is 0 Å². The number of hydrogen-bond donors (Lipinski definition) is 2. The Hall–Kier alpha value is -3.86. The minimum Gasteiger partial charge on any atom is -0.441 e. The number of carbonyl (C=O) groups excluding carboxylic acids is 1. The van der Waals surface area contributed by atoms with Crippen LogP contribution in [0.3, 0.4) is 0 Å². The van der Waals surface area contributed by atoms with Crippen molar-refractivity contribution < 1.29 is 9.53 Å². The lowest BCUT2D eigenvalue weighted by atomic mass is 9.92. The maximum Gasteiger partial charge on any atom is 0.339 e. The molecule has 0 saturated carbocycles. The molecule has 2 N–H and O–H groups in total. The number of allylic oxidation sites excluding steroid dienone is 2. The molecular formula is C27H25N3O2. The van der Waals surface area contributed by atoms with E-state index in [0.717, 1.165) is 28.5 Å². The Balaban J connectivity index is 1.36. The van der Waals surface area contributed by atoms with Crippen molar-refractivity contribution in [3.05, 3.63) is 90.0 Å². The topological polar surface area (TPSA) is 67.0 Å². The van der Waals surface area contributed by atoms with E-state index in [0.29, 0.717) is 11.4 Å². The average Bonchev–Trinajstić information content (AvgIpc) is 3.28. The van der Waals surface area contributed by atoms with Gasteiger partial charge in [-0.2, -0.15) is 5.10 Å². The van der Waals surface area contributed by atoms with Crippen LogP contribution in [0.15, 0.2) is 78.9 Å². The quantitative estimate of drug-likeness (QED) is 0.278. The Morgan fingerprint density at radius 1 is 0.938 bits per heavy atom. The zero-order valence-electron chi connectivity index (χ0n) is 17.8. The molecule has 1 heterocycles. The van der Waals surface area contributed by atoms with Gasteiger partial charge in [-0.15, -0.1) is 0 Å². The number of aromatic nitrogens is 2. The van der Waals surface area contributed by atoms with Gasteiger partial charge in [-0.05, 0) is 66.1 Å². The van der Waals surface area contributed by atoms with Crippen molar-refractivity contribution in [1.29, 1.82) is 0 Å². The molecule has 1 aromatic heterocycles. The summed E-state index contributed by atoms with van der Waals surface area (Å²) in [6.45, 7) is 0.0368. The predicted octanol–water partition coefficient (Wildman–Crippen LogP) is 6.41. The van der Waals surface area contributed by atoms with Crippen molar-refractivity contribution in [2.45, 2.75) is 25.7 Å². The minimum absolute atomic E-state index is 0.0368. The third-order valence-corrected chi connectivity index (χ3v) is 5.90. The van der Waals surface area contributed by atoms with Crippen molar-refractivity contribution in [3.63, 3.8) is 0 Å². The van der Waals surface area contributed by atoms with Crippen LogP contribution in [0.4, 0.5) is 5.82 Å². The minimum atomic E-state index is -0.370. The van der Waals surface area contributed by atoms with Crippen LogP contribution in [-0.4, -0.2) is 22.9 Å². The van der Waals surface area contributed by atoms with E-state index in [1.54, 1.807) is 12.1 Å². The number of H-pyrrole nitrogens is 1. The van der Waals surface area contributed by atoms with Gasteiger partial charge in [-0.25, -0.2) is 4.79 Å². The summed E-state index contributed by atoms with van der Waals surface area (Å²) in [5, 5.41) is 11.6. The predicted molar refractivity (Wildman–Crippen MR) is 128 cm³/mol. The first-order valence-corrected chi connectivity index (χ1v) is 11.0. The second kappa shape index (κ2) is 9.10. The number of nitrogens with one attached hydrogen (secondary N) is 2. The van der Waals surface area contributed by atoms with Crippen molar-refractivity contribution in [3.8, 4) is 11.1 Å². The number of rotatable bonds is 6. The van der Waals surface area contributed by atoms with Crippen LogP contribution in [0, 0.1) is 0 Å². The van der Waals surface area contributed by atoms with Gasteiger partial charge in [-0.1, -0.05) is 60.7 Å². The summed E-state index contributed by atoms with van der Waals surface area (Å²) >= 11 is 0. The Morgan fingerprint density at radius 3 is 2.53 bits per heavy atom. The third kappa shape index (κ3) is 4.14. The Bertz CT molecular complexity index is 1260. The van der Waals surface area contributed by atoms with Gasteiger partial charge in [-0.3, -0.25) is 5.10 Å². The van der Waals surface area contributed by atoms with Gasteiger partial charge in [0.25, 0.3) is 0 Å². The van der Waals surface area contributed by atoms with Gasteiger partial charge < -0.3 is 10.1 Å². The zero-order valence-corrected chi connectivity index (χ0v) is 17.8. The number of fused-ring (bicyclic) bond motifs is 1. The molecule has 5 heteroatoms. The second-order valence-corrected chi connectivity index (χ2v) is 7.97. The first-order chi connectivity index (χ1) is 15.8. The number of benzene rings is 3. The Labute approximate surface area is 187 Å². The van der Waals surface area contributed by atoms with Crippen LogP contribution < -0.4 is 5.32 Å². The van der Waals surface area contributed by atoms with Crippen LogP contribution in [0.1, 0.15) is 41.6 Å². The summed E-state index contributed by atoms with van der Waals surface area (Å²) in [6.07, 6.45) is 7.27. The van der Waals surface area contributed by atoms with Crippen molar-refractivity contribution in [2.75, 3.05) is 12.0 Å². The summed E-state index contributed by atoms with van der Waals surface area (Å²) in [5.74, 6) is 0.293. The molecule has 5 nitrogen and oxygen atoms in total. The molecule has 0 spiro atoms. The van der Waals surface area contributed by atoms with E-state index in [9.17, 15) is 4.79 Å². The molecule has 0 atom stereocenters. The number of aromatic amines is 1. The number of anilines is 1. The number of hydrogen-bond acceptors (Lipinski definition) is 4. The van der Waals surface area contributed by atoms with E-state index >= 15 is 0 Å². The largest absolute Gasteiger partial charge is 0.441 e. The zero-order chi connectivity index (χ0) is 21.8. The lowest BCUT2D eigenvalue weighted by molar-refractivity contribution is 0.0533. The highest BCUT2D eigenvalue weighted by molar-refractivity contribution is 6.02. The van der Waals surface area contributed by atoms with Crippen LogP contribution in [-0.2, 0) is 4.74 Å². The van der Waals surface area contributed by atoms with Crippen molar-refractivity contribution in [1.82, 2.24) is 10.2 Å². The molecule has 32 heavy (non-hydrogen) atoms. The molecule has 1 aliphatic rings. The van der Waals surface area contributed by atoms with E-state index in [4.69, 9.17) is 4.74 Å². The molecular weight excluding hydrogens is 398 g/mol. The van der Waals surface area contributed by atoms with Crippen LogP contribution in [0.25, 0.3) is 27.6 Å². The molecule has 4 aromatic rings. The normalized spacial score (nSPS) is 13.6. The van der Waals surface area contributed by atoms with E-state index in [1.165, 1.54) is 30.4 Å². The molecule has 0 fully saturated rings. The highest BCUT2D eigenvalue weighted by atomic mass is 16.5. The van der Waals surface area contributed by atoms with E-state index in [1.807, 2.05) is 30.3 Å². The van der Waals surface area contributed by atoms with Crippen molar-refractivity contribution in [2.24, 2.45) is 0 Å². The molecule has 0 radical (unpaired) electrons. The molecule has 0 amide bonds. The fraction of sp³-hybridized carbons (Fsp3) is 0.185. The highest BCUT2D eigenvalue weighted by Crippen LogP contribution is 2.34. The molecule has 160 valence electrons. The second-order valence-electron chi connectivity index (χ2n) is 7.97. The van der Waals surface area contributed by atoms with Gasteiger partial charge in [0.15, 0.2) is 12.5 Å². The molecule has 0 bridgehead atoms. The standard InChI is InChI=1S/C27H25N3O2/c31-27(22-10-5-2-6-11-22)32-18-28-26-25-23(12-7-13-24(25)29-30-26)21-16-14-20(15-17-21)19-8-3-1-4-9-19/h2,5-8,10-17H,1,3-4,9,18H2,(H2,28,29,30). The van der Waals surface area contributed by atoms with Crippen LogP contribution in [0.2, 0.25) is 0 Å². The summed E-state index contributed by atoms with van der Waals surface area (Å²) < 4.78 is 5.37. The summed E-state index contributed by atoms with van der Waals surface area (Å²) in [5.41, 5.74) is 6.41. The Kier molecular flexibility index (Phi) is 5.71. The first kappa shape index (κ1) is 20.1. The SMILES string of the molecule is O=C(OCNc1n[nH]c2cccc(-c3ccc(C4=CCCCC4)cc3)c12)c1ccccc1. The van der Waals surface area contributed by atoms with E-state index < -0.39 is 0 Å². The third-order valence-electron chi connectivity index (χ3n) is 5.90. The molecule has 0 saturated heterocycles. The summed E-state index contributed by atoms with van der Waals surface area (Å²) in [7, 11) is 0. The van der Waals surface area contributed by atoms with Gasteiger partial charge in [0.2, 0.25) is 0 Å². The van der Waals surface area contributed by atoms with Crippen molar-refractivity contribution >= 4 is 28.3 Å². The smallest absolute Gasteiger partial charge is 0.339 e. The summed E-state index contributed by atoms with van der Waals surface area (Å²) in [6, 6.07) is 23.8. The number of carbonyl (C=O) groups is 1. The lowest BCUT2D eigenvalue weighted by Gasteiger charge is -2.14. The molecule has 0 aliphatic heterocycles. The van der Waals surface area contributed by atoms with E-state index in [-0.39, 0.29) is 12.7 Å². The lowest BCUT2D eigenvalue weighted by Crippen LogP contribution is -2.12. The molecule has 3 aromatic carbocycles. The molecule has 5 rings (SSSR count). The van der Waals surface area contributed by atoms with Crippen LogP contribution >= 0.6 is 0 Å². The maximum absolute atomic E-state index is 12.2. The fourth-order valence-electron chi connectivity index (χ4n) is 4.23. The van der Waals surface area contributed by atoms with Gasteiger partial charge in [0, 0.05) is 0 Å². The first-order valence-electron chi connectivity index (χ1n) is 11.0. The molecule has 0 unspecified atom stereocenters.